The molecule has 1 heteroatoms. The van der Waals surface area contributed by atoms with Crippen LogP contribution in [-0.4, -0.2) is 4.57 Å². The van der Waals surface area contributed by atoms with E-state index in [4.69, 9.17) is 0 Å². The Balaban J connectivity index is 2.85. The lowest BCUT2D eigenvalue weighted by atomic mass is 10.1. The zero-order valence-corrected chi connectivity index (χ0v) is 11.3. The maximum absolute atomic E-state index is 3.78. The number of benzene rings is 1. The van der Waals surface area contributed by atoms with Crippen LogP contribution in [0, 0.1) is 6.92 Å². The second-order valence-electron chi connectivity index (χ2n) is 4.40. The van der Waals surface area contributed by atoms with E-state index in [9.17, 15) is 0 Å². The SMILES string of the molecule is C=C/C=C(\C)n1c(C)c(/C=C\C)c2ccccc21. The number of para-hydroxylation sites is 1. The molecule has 2 rings (SSSR count). The van der Waals surface area contributed by atoms with Gasteiger partial charge in [-0.15, -0.1) is 0 Å². The first-order valence-electron chi connectivity index (χ1n) is 6.23. The van der Waals surface area contributed by atoms with Crippen LogP contribution >= 0.6 is 0 Å². The molecule has 1 heterocycles. The van der Waals surface area contributed by atoms with Crippen molar-refractivity contribution in [2.45, 2.75) is 20.8 Å². The first kappa shape index (κ1) is 12.4. The van der Waals surface area contributed by atoms with Crippen LogP contribution in [0.5, 0.6) is 0 Å². The number of hydrogen-bond donors (Lipinski definition) is 0. The molecule has 0 atom stereocenters. The van der Waals surface area contributed by atoms with Crippen LogP contribution < -0.4 is 0 Å². The first-order chi connectivity index (χ1) is 8.70. The summed E-state index contributed by atoms with van der Waals surface area (Å²) in [5.41, 5.74) is 5.00. The molecule has 0 aliphatic heterocycles. The molecule has 0 N–H and O–H groups in total. The average molecular weight is 237 g/mol. The van der Waals surface area contributed by atoms with Gasteiger partial charge in [-0.1, -0.05) is 43.0 Å². The summed E-state index contributed by atoms with van der Waals surface area (Å²) in [5, 5.41) is 1.30. The molecule has 0 spiro atoms. The van der Waals surface area contributed by atoms with E-state index in [1.54, 1.807) is 0 Å². The van der Waals surface area contributed by atoms with Crippen molar-refractivity contribution in [1.82, 2.24) is 4.57 Å². The van der Waals surface area contributed by atoms with E-state index in [2.05, 4.69) is 68.3 Å². The number of aromatic nitrogens is 1. The quantitative estimate of drug-likeness (QED) is 0.660. The lowest BCUT2D eigenvalue weighted by molar-refractivity contribution is 1.07. The van der Waals surface area contributed by atoms with Crippen LogP contribution in [0.2, 0.25) is 0 Å². The fourth-order valence-corrected chi connectivity index (χ4v) is 2.47. The third kappa shape index (κ3) is 1.92. The Bertz CT molecular complexity index is 639. The average Bonchev–Trinajstić information content (AvgIpc) is 2.64. The summed E-state index contributed by atoms with van der Waals surface area (Å²) < 4.78 is 2.28. The predicted molar refractivity (Wildman–Crippen MR) is 81.5 cm³/mol. The molecular weight excluding hydrogens is 218 g/mol. The molecular formula is C17H19N. The Morgan fingerprint density at radius 2 is 2.00 bits per heavy atom. The lowest BCUT2D eigenvalue weighted by Gasteiger charge is -2.08. The van der Waals surface area contributed by atoms with Gasteiger partial charge in [0.25, 0.3) is 0 Å². The van der Waals surface area contributed by atoms with Gasteiger partial charge in [0, 0.05) is 22.3 Å². The molecule has 18 heavy (non-hydrogen) atoms. The molecule has 0 fully saturated rings. The monoisotopic (exact) mass is 237 g/mol. The summed E-state index contributed by atoms with van der Waals surface area (Å²) >= 11 is 0. The van der Waals surface area contributed by atoms with Crippen LogP contribution in [0.1, 0.15) is 25.1 Å². The first-order valence-corrected chi connectivity index (χ1v) is 6.23. The minimum absolute atomic E-state index is 1.19. The molecule has 0 saturated heterocycles. The molecule has 0 radical (unpaired) electrons. The molecule has 0 saturated carbocycles. The number of nitrogens with zero attached hydrogens (tertiary/aromatic N) is 1. The highest BCUT2D eigenvalue weighted by atomic mass is 15.0. The predicted octanol–water partition coefficient (Wildman–Crippen LogP) is 5.03. The Morgan fingerprint density at radius 1 is 1.28 bits per heavy atom. The molecule has 0 unspecified atom stereocenters. The second kappa shape index (κ2) is 5.09. The maximum Gasteiger partial charge on any atom is 0.0534 e. The van der Waals surface area contributed by atoms with E-state index in [0.29, 0.717) is 0 Å². The molecule has 0 bridgehead atoms. The molecule has 2 aromatic rings. The van der Waals surface area contributed by atoms with Gasteiger partial charge in [-0.05, 0) is 32.9 Å². The summed E-state index contributed by atoms with van der Waals surface area (Å²) in [6, 6.07) is 8.51. The van der Waals surface area contributed by atoms with Gasteiger partial charge in [0.05, 0.1) is 5.52 Å². The Labute approximate surface area is 109 Å². The van der Waals surface area contributed by atoms with Crippen molar-refractivity contribution in [1.29, 1.82) is 0 Å². The van der Waals surface area contributed by atoms with Crippen LogP contribution in [0.3, 0.4) is 0 Å². The van der Waals surface area contributed by atoms with Gasteiger partial charge in [0.15, 0.2) is 0 Å². The molecule has 0 aliphatic carbocycles. The fraction of sp³-hybridized carbons (Fsp3) is 0.176. The number of allylic oxidation sites excluding steroid dienone is 4. The minimum Gasteiger partial charge on any atom is -0.317 e. The highest BCUT2D eigenvalue weighted by Gasteiger charge is 2.11. The summed E-state index contributed by atoms with van der Waals surface area (Å²) in [6.45, 7) is 10.1. The van der Waals surface area contributed by atoms with Gasteiger partial charge in [0.2, 0.25) is 0 Å². The Morgan fingerprint density at radius 3 is 2.67 bits per heavy atom. The van der Waals surface area contributed by atoms with Crippen molar-refractivity contribution in [2.24, 2.45) is 0 Å². The van der Waals surface area contributed by atoms with Gasteiger partial charge in [-0.2, -0.15) is 0 Å². The maximum atomic E-state index is 3.78. The summed E-state index contributed by atoms with van der Waals surface area (Å²) in [7, 11) is 0. The van der Waals surface area contributed by atoms with Gasteiger partial charge < -0.3 is 4.57 Å². The fourth-order valence-electron chi connectivity index (χ4n) is 2.47. The van der Waals surface area contributed by atoms with E-state index in [1.807, 2.05) is 12.2 Å². The topological polar surface area (TPSA) is 4.93 Å². The molecule has 1 aromatic carbocycles. The molecule has 0 aliphatic rings. The van der Waals surface area contributed by atoms with Crippen LogP contribution in [-0.2, 0) is 0 Å². The van der Waals surface area contributed by atoms with E-state index in [0.717, 1.165) is 0 Å². The van der Waals surface area contributed by atoms with Crippen molar-refractivity contribution < 1.29 is 0 Å². The summed E-state index contributed by atoms with van der Waals surface area (Å²) in [5.74, 6) is 0. The third-order valence-electron chi connectivity index (χ3n) is 3.21. The zero-order valence-electron chi connectivity index (χ0n) is 11.3. The van der Waals surface area contributed by atoms with Crippen LogP contribution in [0.15, 0.2) is 49.1 Å². The lowest BCUT2D eigenvalue weighted by Crippen LogP contribution is -1.95. The van der Waals surface area contributed by atoms with Crippen molar-refractivity contribution in [2.75, 3.05) is 0 Å². The normalized spacial score (nSPS) is 12.5. The largest absolute Gasteiger partial charge is 0.317 e. The Hall–Kier alpha value is -2.02. The highest BCUT2D eigenvalue weighted by Crippen LogP contribution is 2.29. The minimum atomic E-state index is 1.19. The summed E-state index contributed by atoms with van der Waals surface area (Å²) in [4.78, 5) is 0. The number of fused-ring (bicyclic) bond motifs is 1. The molecule has 0 amide bonds. The zero-order chi connectivity index (χ0) is 13.1. The highest BCUT2D eigenvalue weighted by molar-refractivity contribution is 5.93. The molecule has 92 valence electrons. The van der Waals surface area contributed by atoms with E-state index < -0.39 is 0 Å². The molecule has 1 nitrogen and oxygen atoms in total. The van der Waals surface area contributed by atoms with E-state index >= 15 is 0 Å². The molecule has 1 aromatic heterocycles. The van der Waals surface area contributed by atoms with Gasteiger partial charge in [-0.3, -0.25) is 0 Å². The number of hydrogen-bond acceptors (Lipinski definition) is 0. The third-order valence-corrected chi connectivity index (χ3v) is 3.21. The number of rotatable bonds is 3. The van der Waals surface area contributed by atoms with Crippen molar-refractivity contribution >= 4 is 22.7 Å². The second-order valence-corrected chi connectivity index (χ2v) is 4.40. The summed E-state index contributed by atoms with van der Waals surface area (Å²) in [6.07, 6.45) is 8.14. The smallest absolute Gasteiger partial charge is 0.0534 e. The van der Waals surface area contributed by atoms with Gasteiger partial charge >= 0.3 is 0 Å². The van der Waals surface area contributed by atoms with Crippen LogP contribution in [0.4, 0.5) is 0 Å². The van der Waals surface area contributed by atoms with Crippen LogP contribution in [0.25, 0.3) is 22.7 Å². The van der Waals surface area contributed by atoms with Gasteiger partial charge in [0.1, 0.15) is 0 Å². The van der Waals surface area contributed by atoms with Crippen molar-refractivity contribution in [3.05, 3.63) is 60.3 Å². The van der Waals surface area contributed by atoms with E-state index in [1.165, 1.54) is 27.9 Å². The van der Waals surface area contributed by atoms with Crippen molar-refractivity contribution in [3.63, 3.8) is 0 Å². The Kier molecular flexibility index (Phi) is 3.52. The van der Waals surface area contributed by atoms with Gasteiger partial charge in [-0.25, -0.2) is 0 Å². The van der Waals surface area contributed by atoms with Crippen molar-refractivity contribution in [3.8, 4) is 0 Å². The van der Waals surface area contributed by atoms with E-state index in [-0.39, 0.29) is 0 Å². The standard InChI is InChI=1S/C17H19N/c1-5-9-13(3)18-14(4)15(10-6-2)16-11-7-8-12-17(16)18/h5-12H,1H2,2-4H3/b10-6-,13-9+.